The zero-order valence-corrected chi connectivity index (χ0v) is 12.3. The maximum atomic E-state index is 12.6. The second-order valence-electron chi connectivity index (χ2n) is 6.01. The monoisotopic (exact) mass is 272 g/mol. The number of hydrogen-bond acceptors (Lipinski definition) is 3. The van der Waals surface area contributed by atoms with Crippen molar-refractivity contribution in [1.82, 2.24) is 0 Å². The maximum Gasteiger partial charge on any atom is 0.196 e. The summed E-state index contributed by atoms with van der Waals surface area (Å²) >= 11 is 0. The third-order valence-electron chi connectivity index (χ3n) is 3.79. The van der Waals surface area contributed by atoms with E-state index in [9.17, 15) is 15.0 Å². The van der Waals surface area contributed by atoms with Crippen LogP contribution in [0.1, 0.15) is 36.7 Å². The van der Waals surface area contributed by atoms with Crippen LogP contribution in [0.2, 0.25) is 0 Å². The van der Waals surface area contributed by atoms with Crippen molar-refractivity contribution < 1.29 is 15.0 Å². The molecule has 0 fully saturated rings. The van der Waals surface area contributed by atoms with Gasteiger partial charge in [0.15, 0.2) is 5.78 Å². The van der Waals surface area contributed by atoms with E-state index in [0.29, 0.717) is 16.7 Å². The van der Waals surface area contributed by atoms with Crippen LogP contribution in [0, 0.1) is 12.3 Å². The molecule has 2 N–H and O–H groups in total. The molecule has 0 aromatic heterocycles. The smallest absolute Gasteiger partial charge is 0.196 e. The van der Waals surface area contributed by atoms with Crippen LogP contribution in [0.15, 0.2) is 41.5 Å². The first-order valence-electron chi connectivity index (χ1n) is 6.66. The van der Waals surface area contributed by atoms with Gasteiger partial charge in [-0.25, -0.2) is 0 Å². The van der Waals surface area contributed by atoms with E-state index in [0.717, 1.165) is 5.57 Å². The molecule has 0 radical (unpaired) electrons. The normalized spacial score (nSPS) is 21.1. The summed E-state index contributed by atoms with van der Waals surface area (Å²) in [7, 11) is 0. The molecule has 0 saturated heterocycles. The molecule has 0 saturated carbocycles. The fraction of sp³-hybridized carbons (Fsp3) is 0.353. The van der Waals surface area contributed by atoms with Crippen molar-refractivity contribution in [2.24, 2.45) is 5.41 Å². The van der Waals surface area contributed by atoms with E-state index in [1.54, 1.807) is 37.3 Å². The van der Waals surface area contributed by atoms with E-state index in [1.807, 2.05) is 20.8 Å². The Labute approximate surface area is 119 Å². The van der Waals surface area contributed by atoms with Crippen molar-refractivity contribution >= 4 is 5.78 Å². The number of ketones is 1. The Kier molecular flexibility index (Phi) is 3.57. The standard InChI is InChI=1S/C17H20O3/c1-10-6-5-7-13(14(10)18)15(19)12-8-11(2)16(20)17(3,4)9-12/h5-9,16,18,20H,1-4H3. The molecule has 1 aliphatic carbocycles. The van der Waals surface area contributed by atoms with Crippen molar-refractivity contribution in [3.63, 3.8) is 0 Å². The van der Waals surface area contributed by atoms with Gasteiger partial charge in [0, 0.05) is 11.0 Å². The lowest BCUT2D eigenvalue weighted by Crippen LogP contribution is -2.32. The van der Waals surface area contributed by atoms with Crippen molar-refractivity contribution in [3.05, 3.63) is 52.6 Å². The highest BCUT2D eigenvalue weighted by atomic mass is 16.3. The lowest BCUT2D eigenvalue weighted by Gasteiger charge is -2.32. The van der Waals surface area contributed by atoms with Gasteiger partial charge in [-0.3, -0.25) is 4.79 Å². The maximum absolute atomic E-state index is 12.6. The van der Waals surface area contributed by atoms with Crippen LogP contribution >= 0.6 is 0 Å². The van der Waals surface area contributed by atoms with E-state index in [4.69, 9.17) is 0 Å². The fourth-order valence-corrected chi connectivity index (χ4v) is 2.56. The number of aliphatic hydroxyl groups excluding tert-OH is 1. The Morgan fingerprint density at radius 2 is 1.90 bits per heavy atom. The van der Waals surface area contributed by atoms with Crippen LogP contribution in [-0.2, 0) is 0 Å². The first-order valence-corrected chi connectivity index (χ1v) is 6.66. The number of hydrogen-bond donors (Lipinski definition) is 2. The average Bonchev–Trinajstić information content (AvgIpc) is 2.37. The van der Waals surface area contributed by atoms with E-state index in [2.05, 4.69) is 0 Å². The van der Waals surface area contributed by atoms with Gasteiger partial charge >= 0.3 is 0 Å². The van der Waals surface area contributed by atoms with Crippen molar-refractivity contribution in [2.75, 3.05) is 0 Å². The number of phenolic OH excluding ortho intramolecular Hbond substituents is 1. The first kappa shape index (κ1) is 14.5. The van der Waals surface area contributed by atoms with Gasteiger partial charge in [0.2, 0.25) is 0 Å². The van der Waals surface area contributed by atoms with Gasteiger partial charge in [-0.15, -0.1) is 0 Å². The first-order chi connectivity index (χ1) is 9.24. The number of aryl methyl sites for hydroxylation is 1. The zero-order valence-electron chi connectivity index (χ0n) is 12.3. The largest absolute Gasteiger partial charge is 0.507 e. The minimum absolute atomic E-state index is 0.0216. The summed E-state index contributed by atoms with van der Waals surface area (Å²) in [4.78, 5) is 12.6. The third kappa shape index (κ3) is 2.41. The van der Waals surface area contributed by atoms with Gasteiger partial charge in [0.05, 0.1) is 11.7 Å². The molecule has 0 heterocycles. The molecule has 0 bridgehead atoms. The average molecular weight is 272 g/mol. The minimum Gasteiger partial charge on any atom is -0.507 e. The summed E-state index contributed by atoms with van der Waals surface area (Å²) in [6.45, 7) is 7.34. The molecule has 1 atom stereocenters. The van der Waals surface area contributed by atoms with Crippen molar-refractivity contribution in [2.45, 2.75) is 33.8 Å². The molecular weight excluding hydrogens is 252 g/mol. The van der Waals surface area contributed by atoms with E-state index in [1.165, 1.54) is 0 Å². The SMILES string of the molecule is CC1=CC(C(=O)c2cccc(C)c2O)=CC(C)(C)C1O. The predicted octanol–water partition coefficient (Wildman–Crippen LogP) is 3.16. The zero-order chi connectivity index (χ0) is 15.1. The molecular formula is C17H20O3. The van der Waals surface area contributed by atoms with Crippen LogP contribution < -0.4 is 0 Å². The van der Waals surface area contributed by atoms with Crippen LogP contribution in [0.4, 0.5) is 0 Å². The number of carbonyl (C=O) groups is 1. The molecule has 2 rings (SSSR count). The third-order valence-corrected chi connectivity index (χ3v) is 3.79. The summed E-state index contributed by atoms with van der Waals surface area (Å²) < 4.78 is 0. The van der Waals surface area contributed by atoms with Gasteiger partial charge < -0.3 is 10.2 Å². The number of allylic oxidation sites excluding steroid dienone is 2. The number of para-hydroxylation sites is 1. The summed E-state index contributed by atoms with van der Waals surface area (Å²) in [5.41, 5.74) is 1.75. The second-order valence-corrected chi connectivity index (χ2v) is 6.01. The summed E-state index contributed by atoms with van der Waals surface area (Å²) in [6.07, 6.45) is 2.87. The van der Waals surface area contributed by atoms with Crippen molar-refractivity contribution in [3.8, 4) is 5.75 Å². The van der Waals surface area contributed by atoms with Crippen LogP contribution in [-0.4, -0.2) is 22.1 Å². The van der Waals surface area contributed by atoms with E-state index in [-0.39, 0.29) is 11.5 Å². The molecule has 106 valence electrons. The molecule has 3 heteroatoms. The van der Waals surface area contributed by atoms with Gasteiger partial charge in [-0.2, -0.15) is 0 Å². The van der Waals surface area contributed by atoms with Gasteiger partial charge in [0.25, 0.3) is 0 Å². The molecule has 0 amide bonds. The topological polar surface area (TPSA) is 57.5 Å². The lowest BCUT2D eigenvalue weighted by atomic mass is 9.76. The van der Waals surface area contributed by atoms with Crippen LogP contribution in [0.3, 0.4) is 0 Å². The molecule has 1 aliphatic rings. The molecule has 3 nitrogen and oxygen atoms in total. The minimum atomic E-state index is -0.592. The Bertz CT molecular complexity index is 621. The summed E-state index contributed by atoms with van der Waals surface area (Å²) in [5.74, 6) is -0.195. The number of rotatable bonds is 2. The Morgan fingerprint density at radius 3 is 2.50 bits per heavy atom. The Balaban J connectivity index is 2.47. The molecule has 0 spiro atoms. The van der Waals surface area contributed by atoms with Crippen LogP contribution in [0.25, 0.3) is 0 Å². The molecule has 1 aromatic carbocycles. The number of aliphatic hydroxyl groups is 1. The quantitative estimate of drug-likeness (QED) is 0.813. The number of benzene rings is 1. The Morgan fingerprint density at radius 1 is 1.25 bits per heavy atom. The van der Waals surface area contributed by atoms with E-state index >= 15 is 0 Å². The van der Waals surface area contributed by atoms with Crippen LogP contribution in [0.5, 0.6) is 5.75 Å². The summed E-state index contributed by atoms with van der Waals surface area (Å²) in [5, 5.41) is 20.1. The highest BCUT2D eigenvalue weighted by Gasteiger charge is 2.32. The van der Waals surface area contributed by atoms with Gasteiger partial charge in [-0.1, -0.05) is 32.1 Å². The molecule has 20 heavy (non-hydrogen) atoms. The van der Waals surface area contributed by atoms with Gasteiger partial charge in [-0.05, 0) is 37.1 Å². The molecule has 1 aromatic rings. The fourth-order valence-electron chi connectivity index (χ4n) is 2.56. The van der Waals surface area contributed by atoms with Gasteiger partial charge in [0.1, 0.15) is 5.75 Å². The number of phenols is 1. The number of aromatic hydroxyl groups is 1. The summed E-state index contributed by atoms with van der Waals surface area (Å²) in [6, 6.07) is 5.13. The lowest BCUT2D eigenvalue weighted by molar-refractivity contribution is 0.0997. The molecule has 0 aliphatic heterocycles. The highest BCUT2D eigenvalue weighted by Crippen LogP contribution is 2.35. The molecule has 1 unspecified atom stereocenters. The number of carbonyl (C=O) groups excluding carboxylic acids is 1. The van der Waals surface area contributed by atoms with Crippen molar-refractivity contribution in [1.29, 1.82) is 0 Å². The predicted molar refractivity (Wildman–Crippen MR) is 78.8 cm³/mol. The number of Topliss-reactive ketones (excluding diaryl/α,β-unsaturated/α-hetero) is 1. The Hall–Kier alpha value is -1.87. The highest BCUT2D eigenvalue weighted by molar-refractivity contribution is 6.12. The van der Waals surface area contributed by atoms with E-state index < -0.39 is 11.5 Å². The second kappa shape index (κ2) is 4.91.